The monoisotopic (exact) mass is 593 g/mol. The van der Waals surface area contributed by atoms with E-state index in [9.17, 15) is 19.8 Å². The molecule has 8 nitrogen and oxygen atoms in total. The first-order valence-corrected chi connectivity index (χ1v) is 14.1. The number of hydrogen-bond acceptors (Lipinski definition) is 4. The minimum Gasteiger partial charge on any atom is -0.490 e. The van der Waals surface area contributed by atoms with Crippen molar-refractivity contribution in [2.45, 2.75) is 44.2 Å². The number of aliphatic carboxylic acids is 1. The maximum Gasteiger partial charge on any atom is 0.408 e. The zero-order chi connectivity index (χ0) is 29.1. The number of nitrogens with zero attached hydrogens (tertiary/aromatic N) is 2. The number of rotatable bonds is 8. The predicted octanol–water partition coefficient (Wildman–Crippen LogP) is 7.57. The first-order valence-electron chi connectivity index (χ1n) is 13.3. The van der Waals surface area contributed by atoms with Crippen LogP contribution in [0.3, 0.4) is 0 Å². The number of aromatic nitrogens is 2. The molecule has 1 aromatic heterocycles. The molecule has 212 valence electrons. The highest BCUT2D eigenvalue weighted by atomic mass is 35.5. The van der Waals surface area contributed by atoms with Gasteiger partial charge in [-0.05, 0) is 53.4 Å². The third-order valence-electron chi connectivity index (χ3n) is 7.44. The molecule has 4 aromatic rings. The Labute approximate surface area is 247 Å². The highest BCUT2D eigenvalue weighted by molar-refractivity contribution is 6.36. The van der Waals surface area contributed by atoms with Crippen molar-refractivity contribution in [3.05, 3.63) is 94.4 Å². The minimum atomic E-state index is -1.23. The molecule has 3 aromatic carbocycles. The van der Waals surface area contributed by atoms with Gasteiger partial charge in [-0.2, -0.15) is 0 Å². The molecule has 1 unspecified atom stereocenters. The maximum absolute atomic E-state index is 11.5. The predicted molar refractivity (Wildman–Crippen MR) is 158 cm³/mol. The number of carboxylic acid groups (broad SMARTS) is 2. The highest BCUT2D eigenvalue weighted by Crippen LogP contribution is 2.33. The van der Waals surface area contributed by atoms with E-state index in [2.05, 4.69) is 41.2 Å². The van der Waals surface area contributed by atoms with Crippen molar-refractivity contribution < 1.29 is 24.5 Å². The van der Waals surface area contributed by atoms with E-state index in [0.29, 0.717) is 22.2 Å². The number of carbonyl (C=O) groups is 2. The summed E-state index contributed by atoms with van der Waals surface area (Å²) in [6.45, 7) is 2.24. The number of H-pyrrole nitrogens is 1. The standard InChI is InChI=1S/C31H29Cl2N3O5/c1-2-24(29-34-17-27(35-29)25-12-9-21(32)15-26(25)33)20-5-3-18(4-6-20)19-7-10-22(11-8-19)41-23-13-14-36(31(39)40)28(16-23)30(37)38/h3-12,15,17,23-24,28H,2,13-14,16H2,1H3,(H,34,35)(H,37,38)(H,39,40)/t23-,24?,28-/m0/s1. The van der Waals surface area contributed by atoms with Crippen LogP contribution in [0.4, 0.5) is 4.79 Å². The topological polar surface area (TPSA) is 116 Å². The lowest BCUT2D eigenvalue weighted by Gasteiger charge is -2.35. The molecule has 0 aliphatic carbocycles. The van der Waals surface area contributed by atoms with E-state index in [0.717, 1.165) is 45.1 Å². The van der Waals surface area contributed by atoms with Gasteiger partial charge in [0.2, 0.25) is 0 Å². The zero-order valence-electron chi connectivity index (χ0n) is 22.3. The molecule has 3 atom stereocenters. The zero-order valence-corrected chi connectivity index (χ0v) is 23.8. The Kier molecular flexibility index (Phi) is 8.52. The third-order valence-corrected chi connectivity index (χ3v) is 7.99. The van der Waals surface area contributed by atoms with Crippen LogP contribution in [0, 0.1) is 0 Å². The fourth-order valence-corrected chi connectivity index (χ4v) is 5.79. The van der Waals surface area contributed by atoms with Gasteiger partial charge in [0.05, 0.1) is 16.9 Å². The van der Waals surface area contributed by atoms with Crippen LogP contribution in [0.2, 0.25) is 10.0 Å². The minimum absolute atomic E-state index is 0.0850. The van der Waals surface area contributed by atoms with Crippen molar-refractivity contribution >= 4 is 35.3 Å². The van der Waals surface area contributed by atoms with Crippen molar-refractivity contribution in [2.24, 2.45) is 0 Å². The fraction of sp³-hybridized carbons (Fsp3) is 0.258. The second-order valence-electron chi connectivity index (χ2n) is 10.0. The van der Waals surface area contributed by atoms with Crippen molar-refractivity contribution in [1.82, 2.24) is 14.9 Å². The summed E-state index contributed by atoms with van der Waals surface area (Å²) in [5.74, 6) is 0.399. The molecule has 41 heavy (non-hydrogen) atoms. The Hall–Kier alpha value is -4.01. The van der Waals surface area contributed by atoms with Gasteiger partial charge in [0.15, 0.2) is 0 Å². The number of benzene rings is 3. The Morgan fingerprint density at radius 1 is 1.05 bits per heavy atom. The van der Waals surface area contributed by atoms with Crippen LogP contribution in [-0.2, 0) is 4.79 Å². The third kappa shape index (κ3) is 6.34. The Balaban J connectivity index is 1.25. The number of nitrogens with one attached hydrogen (secondary N) is 1. The maximum atomic E-state index is 11.5. The summed E-state index contributed by atoms with van der Waals surface area (Å²) in [5.41, 5.74) is 4.88. The number of hydrogen-bond donors (Lipinski definition) is 3. The van der Waals surface area contributed by atoms with Gasteiger partial charge in [0.25, 0.3) is 0 Å². The largest absolute Gasteiger partial charge is 0.490 e. The van der Waals surface area contributed by atoms with Crippen molar-refractivity contribution in [3.63, 3.8) is 0 Å². The summed E-state index contributed by atoms with van der Waals surface area (Å²) in [5, 5.41) is 19.8. The molecule has 0 saturated carbocycles. The number of aromatic amines is 1. The van der Waals surface area contributed by atoms with E-state index in [1.807, 2.05) is 30.3 Å². The lowest BCUT2D eigenvalue weighted by Crippen LogP contribution is -2.51. The molecule has 0 bridgehead atoms. The smallest absolute Gasteiger partial charge is 0.408 e. The van der Waals surface area contributed by atoms with E-state index < -0.39 is 18.1 Å². The second-order valence-corrected chi connectivity index (χ2v) is 10.9. The molecule has 3 N–H and O–H groups in total. The highest BCUT2D eigenvalue weighted by Gasteiger charge is 2.37. The number of ether oxygens (including phenoxy) is 1. The Morgan fingerprint density at radius 2 is 1.73 bits per heavy atom. The summed E-state index contributed by atoms with van der Waals surface area (Å²) in [7, 11) is 0. The van der Waals surface area contributed by atoms with Crippen molar-refractivity contribution in [3.8, 4) is 28.1 Å². The number of halogens is 2. The van der Waals surface area contributed by atoms with Crippen molar-refractivity contribution in [2.75, 3.05) is 6.54 Å². The van der Waals surface area contributed by atoms with Crippen LogP contribution in [0.5, 0.6) is 5.75 Å². The van der Waals surface area contributed by atoms with Gasteiger partial charge in [0.1, 0.15) is 23.7 Å². The van der Waals surface area contributed by atoms with Crippen LogP contribution in [0.1, 0.15) is 43.5 Å². The first-order chi connectivity index (χ1) is 19.7. The summed E-state index contributed by atoms with van der Waals surface area (Å²) < 4.78 is 6.01. The SMILES string of the molecule is CCC(c1ccc(-c2ccc(O[C@H]3CCN(C(=O)O)[C@H](C(=O)O)C3)cc2)cc1)c1ncc(-c2ccc(Cl)cc2Cl)[nH]1. The van der Waals surface area contributed by atoms with E-state index >= 15 is 0 Å². The van der Waals surface area contributed by atoms with Gasteiger partial charge in [-0.1, -0.05) is 66.5 Å². The number of piperidine rings is 1. The molecule has 0 spiro atoms. The Morgan fingerprint density at radius 3 is 2.34 bits per heavy atom. The average molecular weight is 594 g/mol. The molecule has 1 aliphatic rings. The number of carboxylic acids is 1. The van der Waals surface area contributed by atoms with Crippen LogP contribution in [0.25, 0.3) is 22.4 Å². The van der Waals surface area contributed by atoms with Gasteiger partial charge in [0, 0.05) is 35.9 Å². The summed E-state index contributed by atoms with van der Waals surface area (Å²) in [4.78, 5) is 31.9. The summed E-state index contributed by atoms with van der Waals surface area (Å²) in [6, 6.07) is 20.3. The van der Waals surface area contributed by atoms with E-state index in [-0.39, 0.29) is 25.0 Å². The number of amides is 1. The number of likely N-dealkylation sites (tertiary alicyclic amines) is 1. The van der Waals surface area contributed by atoms with E-state index in [1.165, 1.54) is 0 Å². The first kappa shape index (κ1) is 28.5. The van der Waals surface area contributed by atoms with Crippen LogP contribution in [0.15, 0.2) is 72.9 Å². The molecule has 2 heterocycles. The van der Waals surface area contributed by atoms with Gasteiger partial charge < -0.3 is 19.9 Å². The fourth-order valence-electron chi connectivity index (χ4n) is 5.27. The molecule has 0 radical (unpaired) electrons. The molecule has 10 heteroatoms. The summed E-state index contributed by atoms with van der Waals surface area (Å²) in [6.07, 6.45) is 1.59. The summed E-state index contributed by atoms with van der Waals surface area (Å²) >= 11 is 12.4. The molecule has 1 amide bonds. The van der Waals surface area contributed by atoms with E-state index in [4.69, 9.17) is 27.9 Å². The van der Waals surface area contributed by atoms with Crippen LogP contribution < -0.4 is 4.74 Å². The van der Waals surface area contributed by atoms with Gasteiger partial charge >= 0.3 is 12.1 Å². The molecule has 1 aliphatic heterocycles. The number of imidazole rings is 1. The van der Waals surface area contributed by atoms with Gasteiger partial charge in [-0.3, -0.25) is 4.90 Å². The quantitative estimate of drug-likeness (QED) is 0.194. The lowest BCUT2D eigenvalue weighted by molar-refractivity contribution is -0.145. The lowest BCUT2D eigenvalue weighted by atomic mass is 9.93. The second kappa shape index (κ2) is 12.2. The molecular formula is C31H29Cl2N3O5. The van der Waals surface area contributed by atoms with Gasteiger partial charge in [-0.25, -0.2) is 14.6 Å². The van der Waals surface area contributed by atoms with Crippen molar-refractivity contribution in [1.29, 1.82) is 0 Å². The Bertz CT molecular complexity index is 1540. The van der Waals surface area contributed by atoms with E-state index in [1.54, 1.807) is 18.3 Å². The molecular weight excluding hydrogens is 565 g/mol. The molecule has 5 rings (SSSR count). The molecule has 1 saturated heterocycles. The molecule has 1 fully saturated rings. The van der Waals surface area contributed by atoms with Crippen LogP contribution in [-0.4, -0.2) is 55.8 Å². The average Bonchev–Trinajstić information content (AvgIpc) is 3.43. The van der Waals surface area contributed by atoms with Crippen LogP contribution >= 0.6 is 23.2 Å². The normalized spacial score (nSPS) is 17.7. The van der Waals surface area contributed by atoms with Gasteiger partial charge in [-0.15, -0.1) is 0 Å².